The average Bonchev–Trinajstić information content (AvgIpc) is 2.90. The highest BCUT2D eigenvalue weighted by Crippen LogP contribution is 2.41. The highest BCUT2D eigenvalue weighted by Gasteiger charge is 2.37. The van der Waals surface area contributed by atoms with Crippen molar-refractivity contribution in [3.63, 3.8) is 0 Å². The minimum absolute atomic E-state index is 0.107. The third-order valence-electron chi connectivity index (χ3n) is 5.79. The van der Waals surface area contributed by atoms with Gasteiger partial charge in [-0.05, 0) is 50.6 Å². The Morgan fingerprint density at radius 3 is 2.41 bits per heavy atom. The number of benzene rings is 2. The number of likely N-dealkylation sites (tertiary alicyclic amines) is 1. The van der Waals surface area contributed by atoms with Crippen molar-refractivity contribution in [2.45, 2.75) is 50.1 Å². The second-order valence-electron chi connectivity index (χ2n) is 7.73. The number of anilines is 1. The van der Waals surface area contributed by atoms with Gasteiger partial charge in [-0.25, -0.2) is 8.42 Å². The van der Waals surface area contributed by atoms with E-state index in [0.29, 0.717) is 11.1 Å². The SMILES string of the molecule is CC1CCCC(C)N1C(=O)COC(=O)CN1c2cccc3cccc(c23)S1(=O)=O. The van der Waals surface area contributed by atoms with E-state index in [-0.39, 0.29) is 29.5 Å². The summed E-state index contributed by atoms with van der Waals surface area (Å²) >= 11 is 0. The molecule has 0 bridgehead atoms. The van der Waals surface area contributed by atoms with E-state index in [2.05, 4.69) is 0 Å². The molecule has 2 heterocycles. The van der Waals surface area contributed by atoms with Crippen LogP contribution in [0.4, 0.5) is 5.69 Å². The zero-order chi connectivity index (χ0) is 20.8. The molecule has 0 aliphatic carbocycles. The molecule has 29 heavy (non-hydrogen) atoms. The van der Waals surface area contributed by atoms with Crippen LogP contribution in [0.15, 0.2) is 41.3 Å². The maximum Gasteiger partial charge on any atom is 0.327 e. The molecule has 1 saturated heterocycles. The van der Waals surface area contributed by atoms with Gasteiger partial charge in [0.2, 0.25) is 0 Å². The van der Waals surface area contributed by atoms with Gasteiger partial charge < -0.3 is 9.64 Å². The lowest BCUT2D eigenvalue weighted by Crippen LogP contribution is -2.49. The average molecular weight is 416 g/mol. The van der Waals surface area contributed by atoms with Crippen LogP contribution in [0.25, 0.3) is 10.8 Å². The van der Waals surface area contributed by atoms with Gasteiger partial charge in [-0.15, -0.1) is 0 Å². The molecule has 0 aromatic heterocycles. The van der Waals surface area contributed by atoms with Gasteiger partial charge in [-0.1, -0.05) is 24.3 Å². The van der Waals surface area contributed by atoms with Gasteiger partial charge in [0.25, 0.3) is 15.9 Å². The first-order chi connectivity index (χ1) is 13.8. The summed E-state index contributed by atoms with van der Waals surface area (Å²) in [7, 11) is -3.83. The molecule has 2 aliphatic rings. The minimum atomic E-state index is -3.83. The first kappa shape index (κ1) is 19.7. The smallest absolute Gasteiger partial charge is 0.327 e. The summed E-state index contributed by atoms with van der Waals surface area (Å²) in [5.41, 5.74) is 0.458. The predicted octanol–water partition coefficient (Wildman–Crippen LogP) is 2.68. The fraction of sp³-hybridized carbons (Fsp3) is 0.429. The lowest BCUT2D eigenvalue weighted by molar-refractivity contribution is -0.153. The molecule has 154 valence electrons. The molecule has 0 radical (unpaired) electrons. The number of esters is 1. The monoisotopic (exact) mass is 416 g/mol. The van der Waals surface area contributed by atoms with Gasteiger partial charge >= 0.3 is 5.97 Å². The van der Waals surface area contributed by atoms with Crippen molar-refractivity contribution in [3.05, 3.63) is 36.4 Å². The first-order valence-corrected chi connectivity index (χ1v) is 11.3. The quantitative estimate of drug-likeness (QED) is 0.716. The van der Waals surface area contributed by atoms with Crippen LogP contribution in [0.5, 0.6) is 0 Å². The first-order valence-electron chi connectivity index (χ1n) is 9.82. The number of sulfonamides is 1. The van der Waals surface area contributed by atoms with Crippen LogP contribution < -0.4 is 4.31 Å². The summed E-state index contributed by atoms with van der Waals surface area (Å²) in [6, 6.07) is 10.5. The predicted molar refractivity (Wildman–Crippen MR) is 109 cm³/mol. The van der Waals surface area contributed by atoms with E-state index in [4.69, 9.17) is 4.74 Å². The molecular formula is C21H24N2O5S. The number of hydrogen-bond acceptors (Lipinski definition) is 5. The molecule has 1 amide bonds. The largest absolute Gasteiger partial charge is 0.454 e. The molecule has 0 spiro atoms. The molecule has 8 heteroatoms. The van der Waals surface area contributed by atoms with E-state index in [1.54, 1.807) is 23.1 Å². The highest BCUT2D eigenvalue weighted by atomic mass is 32.2. The molecule has 2 aliphatic heterocycles. The van der Waals surface area contributed by atoms with E-state index >= 15 is 0 Å². The Hall–Kier alpha value is -2.61. The third kappa shape index (κ3) is 3.35. The highest BCUT2D eigenvalue weighted by molar-refractivity contribution is 7.93. The topological polar surface area (TPSA) is 84.0 Å². The molecule has 2 aromatic carbocycles. The summed E-state index contributed by atoms with van der Waals surface area (Å²) < 4.78 is 32.1. The number of rotatable bonds is 4. The van der Waals surface area contributed by atoms with Gasteiger partial charge in [0.15, 0.2) is 6.61 Å². The van der Waals surface area contributed by atoms with Crippen LogP contribution in [0.3, 0.4) is 0 Å². The molecule has 2 aromatic rings. The number of nitrogens with zero attached hydrogens (tertiary/aromatic N) is 2. The number of hydrogen-bond donors (Lipinski definition) is 0. The molecule has 0 saturated carbocycles. The van der Waals surface area contributed by atoms with Gasteiger partial charge in [0.1, 0.15) is 6.54 Å². The Balaban J connectivity index is 1.47. The Morgan fingerprint density at radius 2 is 1.72 bits per heavy atom. The van der Waals surface area contributed by atoms with Crippen LogP contribution in [0.2, 0.25) is 0 Å². The third-order valence-corrected chi connectivity index (χ3v) is 7.59. The Morgan fingerprint density at radius 1 is 1.07 bits per heavy atom. The maximum atomic E-state index is 12.9. The van der Waals surface area contributed by atoms with Crippen molar-refractivity contribution in [1.29, 1.82) is 0 Å². The van der Waals surface area contributed by atoms with E-state index in [9.17, 15) is 18.0 Å². The van der Waals surface area contributed by atoms with Crippen LogP contribution in [0.1, 0.15) is 33.1 Å². The molecular weight excluding hydrogens is 392 g/mol. The molecule has 0 N–H and O–H groups in total. The lowest BCUT2D eigenvalue weighted by atomic mass is 9.97. The van der Waals surface area contributed by atoms with Crippen molar-refractivity contribution in [3.8, 4) is 0 Å². The van der Waals surface area contributed by atoms with Gasteiger partial charge in [-0.3, -0.25) is 13.9 Å². The van der Waals surface area contributed by atoms with Gasteiger partial charge in [-0.2, -0.15) is 0 Å². The standard InChI is InChI=1S/C21H24N2O5S/c1-14-6-3-7-15(2)23(14)19(24)13-28-20(25)12-22-17-10-4-8-16-9-5-11-18(21(16)17)29(22,26)27/h4-5,8-11,14-15H,3,6-7,12-13H2,1-2H3. The Labute approximate surface area is 170 Å². The van der Waals surface area contributed by atoms with Crippen molar-refractivity contribution >= 4 is 38.4 Å². The summed E-state index contributed by atoms with van der Waals surface area (Å²) in [4.78, 5) is 26.9. The Bertz CT molecular complexity index is 1070. The zero-order valence-electron chi connectivity index (χ0n) is 16.5. The van der Waals surface area contributed by atoms with E-state index in [1.807, 2.05) is 26.0 Å². The summed E-state index contributed by atoms with van der Waals surface area (Å²) in [6.07, 6.45) is 2.93. The van der Waals surface area contributed by atoms with Crippen molar-refractivity contribution < 1.29 is 22.7 Å². The zero-order valence-corrected chi connectivity index (χ0v) is 17.3. The second-order valence-corrected chi connectivity index (χ2v) is 9.56. The van der Waals surface area contributed by atoms with E-state index < -0.39 is 22.5 Å². The normalized spacial score (nSPS) is 22.7. The van der Waals surface area contributed by atoms with Crippen LogP contribution >= 0.6 is 0 Å². The molecule has 2 unspecified atom stereocenters. The van der Waals surface area contributed by atoms with Crippen molar-refractivity contribution in [2.24, 2.45) is 0 Å². The number of carbonyl (C=O) groups is 2. The number of amides is 1. The minimum Gasteiger partial charge on any atom is -0.454 e. The fourth-order valence-corrected chi connectivity index (χ4v) is 6.08. The Kier molecular flexibility index (Phi) is 4.98. The van der Waals surface area contributed by atoms with Crippen LogP contribution in [-0.4, -0.2) is 50.4 Å². The van der Waals surface area contributed by atoms with Gasteiger partial charge in [0, 0.05) is 17.5 Å². The van der Waals surface area contributed by atoms with E-state index in [1.165, 1.54) is 6.07 Å². The molecule has 2 atom stereocenters. The van der Waals surface area contributed by atoms with E-state index in [0.717, 1.165) is 29.0 Å². The summed E-state index contributed by atoms with van der Waals surface area (Å²) in [5, 5.41) is 1.40. The van der Waals surface area contributed by atoms with Crippen molar-refractivity contribution in [2.75, 3.05) is 17.5 Å². The molecule has 7 nitrogen and oxygen atoms in total. The second kappa shape index (κ2) is 7.33. The van der Waals surface area contributed by atoms with Crippen molar-refractivity contribution in [1.82, 2.24) is 4.90 Å². The number of carbonyl (C=O) groups excluding carboxylic acids is 2. The summed E-state index contributed by atoms with van der Waals surface area (Å²) in [5.74, 6) is -0.989. The van der Waals surface area contributed by atoms with Gasteiger partial charge in [0.05, 0.1) is 10.6 Å². The molecule has 4 rings (SSSR count). The number of piperidine rings is 1. The van der Waals surface area contributed by atoms with Crippen LogP contribution in [-0.2, 0) is 24.3 Å². The van der Waals surface area contributed by atoms with Crippen LogP contribution in [0, 0.1) is 0 Å². The molecule has 1 fully saturated rings. The summed E-state index contributed by atoms with van der Waals surface area (Å²) in [6.45, 7) is 3.14. The maximum absolute atomic E-state index is 12.9. The number of ether oxygens (including phenoxy) is 1. The lowest BCUT2D eigenvalue weighted by Gasteiger charge is -2.38. The fourth-order valence-electron chi connectivity index (χ4n) is 4.42.